The number of nitrogens with zero attached hydrogens (tertiary/aromatic N) is 3. The third-order valence-corrected chi connectivity index (χ3v) is 5.45. The van der Waals surface area contributed by atoms with Crippen LogP contribution in [0.1, 0.15) is 12.5 Å². The zero-order valence-corrected chi connectivity index (χ0v) is 16.9. The van der Waals surface area contributed by atoms with Crippen LogP contribution < -0.4 is 5.32 Å². The second-order valence-corrected chi connectivity index (χ2v) is 7.94. The number of amides is 1. The van der Waals surface area contributed by atoms with Crippen molar-refractivity contribution in [2.75, 3.05) is 5.32 Å². The third kappa shape index (κ3) is 5.10. The van der Waals surface area contributed by atoms with Gasteiger partial charge in [-0.05, 0) is 55.5 Å². The van der Waals surface area contributed by atoms with Gasteiger partial charge in [-0.3, -0.25) is 4.79 Å². The SMILES string of the molecule is CC(Sc1nnc(-c2ccc(Cl)cc2)n1C)C(=O)Nc1ccc(C(F)(F)F)cc1. The van der Waals surface area contributed by atoms with Gasteiger partial charge in [0.2, 0.25) is 5.91 Å². The molecular formula is C19H16ClF3N4OS. The number of thioether (sulfide) groups is 1. The van der Waals surface area contributed by atoms with E-state index in [2.05, 4.69) is 15.5 Å². The fourth-order valence-electron chi connectivity index (χ4n) is 2.47. The van der Waals surface area contributed by atoms with Crippen LogP contribution in [0.3, 0.4) is 0 Å². The summed E-state index contributed by atoms with van der Waals surface area (Å²) in [5, 5.41) is 11.5. The number of hydrogen-bond acceptors (Lipinski definition) is 4. The van der Waals surface area contributed by atoms with E-state index < -0.39 is 17.0 Å². The quantitative estimate of drug-likeness (QED) is 0.549. The van der Waals surface area contributed by atoms with Gasteiger partial charge in [0.15, 0.2) is 11.0 Å². The molecule has 0 radical (unpaired) electrons. The lowest BCUT2D eigenvalue weighted by atomic mass is 10.2. The molecule has 1 aromatic heterocycles. The van der Waals surface area contributed by atoms with Crippen molar-refractivity contribution in [3.8, 4) is 11.4 Å². The number of halogens is 4. The molecule has 1 N–H and O–H groups in total. The van der Waals surface area contributed by atoms with Crippen LogP contribution >= 0.6 is 23.4 Å². The number of anilines is 1. The van der Waals surface area contributed by atoms with Gasteiger partial charge in [-0.2, -0.15) is 13.2 Å². The number of alkyl halides is 3. The van der Waals surface area contributed by atoms with Crippen LogP contribution in [0.2, 0.25) is 5.02 Å². The van der Waals surface area contributed by atoms with Gasteiger partial charge in [0.25, 0.3) is 0 Å². The zero-order valence-electron chi connectivity index (χ0n) is 15.4. The van der Waals surface area contributed by atoms with Crippen molar-refractivity contribution >= 4 is 35.0 Å². The summed E-state index contributed by atoms with van der Waals surface area (Å²) in [6, 6.07) is 11.4. The first-order valence-corrected chi connectivity index (χ1v) is 9.71. The largest absolute Gasteiger partial charge is 0.416 e. The van der Waals surface area contributed by atoms with Gasteiger partial charge in [0.1, 0.15) is 0 Å². The summed E-state index contributed by atoms with van der Waals surface area (Å²) in [6.07, 6.45) is -4.42. The van der Waals surface area contributed by atoms with Gasteiger partial charge in [0, 0.05) is 23.3 Å². The average Bonchev–Trinajstić information content (AvgIpc) is 3.02. The monoisotopic (exact) mass is 440 g/mol. The molecule has 0 fully saturated rings. The lowest BCUT2D eigenvalue weighted by Crippen LogP contribution is -2.23. The number of benzene rings is 2. The second kappa shape index (κ2) is 8.46. The molecule has 1 amide bonds. The topological polar surface area (TPSA) is 59.8 Å². The van der Waals surface area contributed by atoms with Gasteiger partial charge < -0.3 is 9.88 Å². The fourth-order valence-corrected chi connectivity index (χ4v) is 3.41. The molecule has 0 bridgehead atoms. The van der Waals surface area contributed by atoms with E-state index in [-0.39, 0.29) is 11.6 Å². The number of rotatable bonds is 5. The van der Waals surface area contributed by atoms with Crippen LogP contribution in [0.5, 0.6) is 0 Å². The van der Waals surface area contributed by atoms with Crippen molar-refractivity contribution < 1.29 is 18.0 Å². The highest BCUT2D eigenvalue weighted by molar-refractivity contribution is 8.00. The smallest absolute Gasteiger partial charge is 0.325 e. The summed E-state index contributed by atoms with van der Waals surface area (Å²) in [4.78, 5) is 12.4. The number of hydrogen-bond donors (Lipinski definition) is 1. The fraction of sp³-hybridized carbons (Fsp3) is 0.211. The van der Waals surface area contributed by atoms with E-state index in [1.165, 1.54) is 23.9 Å². The first-order valence-electron chi connectivity index (χ1n) is 8.45. The van der Waals surface area contributed by atoms with Crippen LogP contribution in [0.15, 0.2) is 53.7 Å². The van der Waals surface area contributed by atoms with Crippen LogP contribution in [0.25, 0.3) is 11.4 Å². The summed E-state index contributed by atoms with van der Waals surface area (Å²) < 4.78 is 39.6. The molecule has 0 saturated heterocycles. The maximum absolute atomic E-state index is 12.6. The Hall–Kier alpha value is -2.52. The van der Waals surface area contributed by atoms with Gasteiger partial charge in [-0.25, -0.2) is 0 Å². The van der Waals surface area contributed by atoms with Gasteiger partial charge >= 0.3 is 6.18 Å². The lowest BCUT2D eigenvalue weighted by molar-refractivity contribution is -0.137. The minimum Gasteiger partial charge on any atom is -0.325 e. The second-order valence-electron chi connectivity index (χ2n) is 6.20. The molecule has 2 aromatic carbocycles. The van der Waals surface area contributed by atoms with E-state index in [4.69, 9.17) is 11.6 Å². The minimum absolute atomic E-state index is 0.287. The van der Waals surface area contributed by atoms with E-state index in [1.807, 2.05) is 12.1 Å². The Kier molecular flexibility index (Phi) is 6.18. The highest BCUT2D eigenvalue weighted by Gasteiger charge is 2.30. The Morgan fingerprint density at radius 3 is 2.31 bits per heavy atom. The molecule has 0 aliphatic carbocycles. The van der Waals surface area contributed by atoms with Crippen LogP contribution in [0.4, 0.5) is 18.9 Å². The third-order valence-electron chi connectivity index (χ3n) is 4.07. The molecular weight excluding hydrogens is 425 g/mol. The summed E-state index contributed by atoms with van der Waals surface area (Å²) in [5.41, 5.74) is 0.347. The van der Waals surface area contributed by atoms with Crippen molar-refractivity contribution in [2.24, 2.45) is 7.05 Å². The van der Waals surface area contributed by atoms with Crippen molar-refractivity contribution in [1.82, 2.24) is 14.8 Å². The highest BCUT2D eigenvalue weighted by atomic mass is 35.5. The molecule has 29 heavy (non-hydrogen) atoms. The number of nitrogens with one attached hydrogen (secondary N) is 1. The molecule has 10 heteroatoms. The molecule has 0 aliphatic rings. The van der Waals surface area contributed by atoms with Crippen molar-refractivity contribution in [2.45, 2.75) is 23.5 Å². The van der Waals surface area contributed by atoms with E-state index in [0.717, 1.165) is 17.7 Å². The van der Waals surface area contributed by atoms with Crippen molar-refractivity contribution in [3.63, 3.8) is 0 Å². The van der Waals surface area contributed by atoms with Gasteiger partial charge in [-0.1, -0.05) is 23.4 Å². The maximum atomic E-state index is 12.6. The van der Waals surface area contributed by atoms with Crippen LogP contribution in [0, 0.1) is 0 Å². The van der Waals surface area contributed by atoms with E-state index in [0.29, 0.717) is 16.0 Å². The number of carbonyl (C=O) groups excluding carboxylic acids is 1. The normalized spacial score (nSPS) is 12.6. The van der Waals surface area contributed by atoms with E-state index in [1.54, 1.807) is 30.7 Å². The summed E-state index contributed by atoms with van der Waals surface area (Å²) in [7, 11) is 1.78. The predicted octanol–water partition coefficient (Wildman–Crippen LogP) is 5.27. The van der Waals surface area contributed by atoms with Gasteiger partial charge in [0.05, 0.1) is 10.8 Å². The van der Waals surface area contributed by atoms with E-state index in [9.17, 15) is 18.0 Å². The maximum Gasteiger partial charge on any atom is 0.416 e. The highest BCUT2D eigenvalue weighted by Crippen LogP contribution is 2.30. The number of aromatic nitrogens is 3. The van der Waals surface area contributed by atoms with Crippen molar-refractivity contribution in [1.29, 1.82) is 0 Å². The summed E-state index contributed by atoms with van der Waals surface area (Å²) in [6.45, 7) is 1.68. The Bertz CT molecular complexity index is 1000. The zero-order chi connectivity index (χ0) is 21.2. The van der Waals surface area contributed by atoms with Crippen LogP contribution in [-0.4, -0.2) is 25.9 Å². The molecule has 0 spiro atoms. The van der Waals surface area contributed by atoms with Gasteiger partial charge in [-0.15, -0.1) is 10.2 Å². The average molecular weight is 441 g/mol. The number of carbonyl (C=O) groups is 1. The molecule has 1 heterocycles. The summed E-state index contributed by atoms with van der Waals surface area (Å²) in [5.74, 6) is 0.269. The molecule has 0 saturated carbocycles. The Balaban J connectivity index is 1.66. The molecule has 3 rings (SSSR count). The predicted molar refractivity (Wildman–Crippen MR) is 107 cm³/mol. The van der Waals surface area contributed by atoms with Crippen LogP contribution in [-0.2, 0) is 18.0 Å². The molecule has 3 aromatic rings. The first-order chi connectivity index (χ1) is 13.6. The molecule has 152 valence electrons. The first kappa shape index (κ1) is 21.2. The molecule has 1 atom stereocenters. The van der Waals surface area contributed by atoms with E-state index >= 15 is 0 Å². The Morgan fingerprint density at radius 1 is 1.10 bits per heavy atom. The standard InChI is InChI=1S/C19H16ClF3N4OS/c1-11(17(28)24-15-9-5-13(6-10-15)19(21,22)23)29-18-26-25-16(27(18)2)12-3-7-14(20)8-4-12/h3-11H,1-2H3,(H,24,28). The molecule has 0 aliphatic heterocycles. The molecule has 5 nitrogen and oxygen atoms in total. The van der Waals surface area contributed by atoms with Crippen molar-refractivity contribution in [3.05, 3.63) is 59.1 Å². The minimum atomic E-state index is -4.42. The lowest BCUT2D eigenvalue weighted by Gasteiger charge is -2.12. The molecule has 1 unspecified atom stereocenters. The summed E-state index contributed by atoms with van der Waals surface area (Å²) >= 11 is 7.09. The Labute approximate surface area is 174 Å². The Morgan fingerprint density at radius 2 is 1.72 bits per heavy atom.